The van der Waals surface area contributed by atoms with E-state index >= 15 is 0 Å². The summed E-state index contributed by atoms with van der Waals surface area (Å²) in [4.78, 5) is 10.2. The van der Waals surface area contributed by atoms with Gasteiger partial charge in [0.2, 0.25) is 5.91 Å². The summed E-state index contributed by atoms with van der Waals surface area (Å²) in [7, 11) is -3.57. The molecule has 0 unspecified atom stereocenters. The van der Waals surface area contributed by atoms with Gasteiger partial charge < -0.3 is 5.73 Å². The molecule has 0 aromatic rings. The van der Waals surface area contributed by atoms with Gasteiger partial charge in [0.1, 0.15) is 0 Å². The third-order valence-corrected chi connectivity index (χ3v) is 1.36. The van der Waals surface area contributed by atoms with Gasteiger partial charge in [0.05, 0.1) is 6.26 Å². The Hall–Kier alpha value is -0.620. The molecule has 0 aliphatic rings. The minimum atomic E-state index is -3.57. The van der Waals surface area contributed by atoms with E-state index in [9.17, 15) is 13.2 Å². The van der Waals surface area contributed by atoms with Crippen LogP contribution in [-0.2, 0) is 19.1 Å². The van der Waals surface area contributed by atoms with E-state index in [4.69, 9.17) is 5.73 Å². The molecule has 1 amide bonds. The molecular weight excluding hydrogens is 158 g/mol. The summed E-state index contributed by atoms with van der Waals surface area (Å²) in [5, 5.41) is 0. The van der Waals surface area contributed by atoms with Crippen LogP contribution >= 0.6 is 0 Å². The second kappa shape index (κ2) is 2.98. The lowest BCUT2D eigenvalue weighted by atomic mass is 10.4. The van der Waals surface area contributed by atoms with E-state index in [1.807, 2.05) is 0 Å². The fraction of sp³-hybridized carbons (Fsp3) is 0.750. The Labute approximate surface area is 59.3 Å². The van der Waals surface area contributed by atoms with Crippen molar-refractivity contribution in [3.63, 3.8) is 0 Å². The van der Waals surface area contributed by atoms with Crippen LogP contribution in [0.4, 0.5) is 0 Å². The van der Waals surface area contributed by atoms with Gasteiger partial charge in [-0.2, -0.15) is 8.42 Å². The largest absolute Gasteiger partial charge is 0.367 e. The van der Waals surface area contributed by atoms with Crippen LogP contribution < -0.4 is 5.73 Å². The maximum atomic E-state index is 10.3. The van der Waals surface area contributed by atoms with Gasteiger partial charge in [-0.1, -0.05) is 0 Å². The molecule has 0 spiro atoms. The molecule has 6 heteroatoms. The Bertz CT molecular complexity index is 219. The first kappa shape index (κ1) is 9.38. The monoisotopic (exact) mass is 167 g/mol. The maximum Gasteiger partial charge on any atom is 0.265 e. The number of rotatable bonds is 3. The number of hydrogen-bond acceptors (Lipinski definition) is 4. The molecular formula is C4H9NO4S. The highest BCUT2D eigenvalue weighted by atomic mass is 32.2. The Morgan fingerprint density at radius 2 is 2.00 bits per heavy atom. The van der Waals surface area contributed by atoms with E-state index in [1.54, 1.807) is 0 Å². The average molecular weight is 167 g/mol. The second-order valence-corrected chi connectivity index (χ2v) is 3.45. The molecule has 10 heavy (non-hydrogen) atoms. The third kappa shape index (κ3) is 4.28. The van der Waals surface area contributed by atoms with E-state index < -0.39 is 22.1 Å². The second-order valence-electron chi connectivity index (χ2n) is 1.84. The molecule has 0 aromatic heterocycles. The zero-order valence-corrected chi connectivity index (χ0v) is 6.51. The van der Waals surface area contributed by atoms with Gasteiger partial charge in [0.25, 0.3) is 10.1 Å². The van der Waals surface area contributed by atoms with Crippen LogP contribution in [-0.4, -0.2) is 26.7 Å². The third-order valence-electron chi connectivity index (χ3n) is 0.720. The summed E-state index contributed by atoms with van der Waals surface area (Å²) in [6, 6.07) is 0. The van der Waals surface area contributed by atoms with Crippen molar-refractivity contribution < 1.29 is 17.4 Å². The van der Waals surface area contributed by atoms with E-state index in [-0.39, 0.29) is 0 Å². The summed E-state index contributed by atoms with van der Waals surface area (Å²) in [6.45, 7) is 1.27. The number of amides is 1. The van der Waals surface area contributed by atoms with Gasteiger partial charge >= 0.3 is 0 Å². The number of nitrogens with two attached hydrogens (primary N) is 1. The van der Waals surface area contributed by atoms with Crippen LogP contribution in [0.3, 0.4) is 0 Å². The minimum Gasteiger partial charge on any atom is -0.367 e. The molecule has 5 nitrogen and oxygen atoms in total. The van der Waals surface area contributed by atoms with E-state index in [1.165, 1.54) is 6.92 Å². The molecule has 0 saturated carbocycles. The standard InChI is InChI=1S/C4H9NO4S/c1-3(4(5)6)9-10(2,7)8/h3H,1-2H3,(H2,5,6)/t3-/m1/s1. The van der Waals surface area contributed by atoms with Crippen molar-refractivity contribution in [1.82, 2.24) is 0 Å². The van der Waals surface area contributed by atoms with Crippen LogP contribution in [0.25, 0.3) is 0 Å². The first-order valence-corrected chi connectivity index (χ1v) is 4.32. The lowest BCUT2D eigenvalue weighted by Crippen LogP contribution is -2.30. The summed E-state index contributed by atoms with van der Waals surface area (Å²) in [5.41, 5.74) is 4.71. The Morgan fingerprint density at radius 3 is 2.10 bits per heavy atom. The Morgan fingerprint density at radius 1 is 1.60 bits per heavy atom. The summed E-state index contributed by atoms with van der Waals surface area (Å²) in [6.07, 6.45) is -0.234. The van der Waals surface area contributed by atoms with Crippen LogP contribution in [0, 0.1) is 0 Å². The Kier molecular flexibility index (Phi) is 2.79. The number of carbonyl (C=O) groups is 1. The molecule has 0 aromatic carbocycles. The zero-order valence-electron chi connectivity index (χ0n) is 5.70. The lowest BCUT2D eigenvalue weighted by molar-refractivity contribution is -0.123. The van der Waals surface area contributed by atoms with Gasteiger partial charge in [-0.25, -0.2) is 0 Å². The van der Waals surface area contributed by atoms with Gasteiger partial charge in [-0.3, -0.25) is 8.98 Å². The quantitative estimate of drug-likeness (QED) is 0.537. The van der Waals surface area contributed by atoms with Crippen LogP contribution in [0.2, 0.25) is 0 Å². The molecule has 1 atom stereocenters. The number of carbonyl (C=O) groups excluding carboxylic acids is 1. The summed E-state index contributed by atoms with van der Waals surface area (Å²) in [5.74, 6) is -0.801. The van der Waals surface area contributed by atoms with E-state index in [0.29, 0.717) is 0 Å². The van der Waals surface area contributed by atoms with Crippen molar-refractivity contribution in [1.29, 1.82) is 0 Å². The zero-order chi connectivity index (χ0) is 8.36. The number of hydrogen-bond donors (Lipinski definition) is 1. The van der Waals surface area contributed by atoms with Crippen LogP contribution in [0.15, 0.2) is 0 Å². The molecule has 0 aliphatic carbocycles. The fourth-order valence-electron chi connectivity index (χ4n) is 0.310. The van der Waals surface area contributed by atoms with Crippen LogP contribution in [0.5, 0.6) is 0 Å². The maximum absolute atomic E-state index is 10.3. The fourth-order valence-corrected chi connectivity index (χ4v) is 0.929. The SMILES string of the molecule is C[C@@H](OS(C)(=O)=O)C(N)=O. The molecule has 0 rings (SSSR count). The molecule has 60 valence electrons. The molecule has 0 radical (unpaired) electrons. The molecule has 0 fully saturated rings. The molecule has 0 saturated heterocycles. The van der Waals surface area contributed by atoms with Crippen molar-refractivity contribution in [3.05, 3.63) is 0 Å². The first-order chi connectivity index (χ1) is 4.33. The molecule has 0 bridgehead atoms. The average Bonchev–Trinajstić information content (AvgIpc) is 1.60. The predicted octanol–water partition coefficient (Wildman–Crippen LogP) is -1.16. The van der Waals surface area contributed by atoms with E-state index in [2.05, 4.69) is 4.18 Å². The summed E-state index contributed by atoms with van der Waals surface area (Å²) >= 11 is 0. The van der Waals surface area contributed by atoms with E-state index in [0.717, 1.165) is 6.26 Å². The molecule has 2 N–H and O–H groups in total. The van der Waals surface area contributed by atoms with Gasteiger partial charge in [0, 0.05) is 0 Å². The van der Waals surface area contributed by atoms with Crippen molar-refractivity contribution in [2.75, 3.05) is 6.26 Å². The molecule has 0 heterocycles. The van der Waals surface area contributed by atoms with Crippen molar-refractivity contribution in [2.24, 2.45) is 5.73 Å². The lowest BCUT2D eigenvalue weighted by Gasteiger charge is -2.04. The van der Waals surface area contributed by atoms with Gasteiger partial charge in [-0.05, 0) is 6.92 Å². The van der Waals surface area contributed by atoms with Crippen molar-refractivity contribution in [3.8, 4) is 0 Å². The highest BCUT2D eigenvalue weighted by Gasteiger charge is 2.14. The van der Waals surface area contributed by atoms with Crippen LogP contribution in [0.1, 0.15) is 6.92 Å². The number of primary amides is 1. The van der Waals surface area contributed by atoms with Gasteiger partial charge in [-0.15, -0.1) is 0 Å². The van der Waals surface area contributed by atoms with Crippen molar-refractivity contribution in [2.45, 2.75) is 13.0 Å². The van der Waals surface area contributed by atoms with Crippen molar-refractivity contribution >= 4 is 16.0 Å². The predicted molar refractivity (Wildman–Crippen MR) is 34.6 cm³/mol. The highest BCUT2D eigenvalue weighted by Crippen LogP contribution is 1.94. The first-order valence-electron chi connectivity index (χ1n) is 2.50. The summed E-state index contributed by atoms with van der Waals surface area (Å²) < 4.78 is 24.8. The smallest absolute Gasteiger partial charge is 0.265 e. The topological polar surface area (TPSA) is 86.5 Å². The normalized spacial score (nSPS) is 14.6. The molecule has 0 aliphatic heterocycles. The highest BCUT2D eigenvalue weighted by molar-refractivity contribution is 7.86. The minimum absolute atomic E-state index is 0.801. The Balaban J connectivity index is 4.06. The van der Waals surface area contributed by atoms with Gasteiger partial charge in [0.15, 0.2) is 6.10 Å².